The molecule has 4 rings (SSSR count). The van der Waals surface area contributed by atoms with Crippen molar-refractivity contribution in [3.8, 4) is 0 Å². The Balaban J connectivity index is 1.23. The molecule has 0 atom stereocenters. The zero-order valence-electron chi connectivity index (χ0n) is 20.1. The lowest BCUT2D eigenvalue weighted by Gasteiger charge is -2.34. The molecule has 184 valence electrons. The minimum Gasteiger partial charge on any atom is -0.469 e. The number of benzene rings is 1. The Morgan fingerprint density at radius 3 is 2.40 bits per heavy atom. The molecule has 3 aromatic rings. The van der Waals surface area contributed by atoms with Crippen molar-refractivity contribution >= 4 is 39.9 Å². The van der Waals surface area contributed by atoms with Crippen LogP contribution in [0.5, 0.6) is 0 Å². The summed E-state index contributed by atoms with van der Waals surface area (Å²) >= 11 is 1.28. The number of carbonyl (C=O) groups is 3. The highest BCUT2D eigenvalue weighted by Crippen LogP contribution is 2.20. The summed E-state index contributed by atoms with van der Waals surface area (Å²) in [4.78, 5) is 45.8. The van der Waals surface area contributed by atoms with Crippen molar-refractivity contribution in [1.82, 2.24) is 14.8 Å². The van der Waals surface area contributed by atoms with Gasteiger partial charge in [0.05, 0.1) is 30.5 Å². The molecule has 0 radical (unpaired) electrons. The smallest absolute Gasteiger partial charge is 0.260 e. The van der Waals surface area contributed by atoms with E-state index in [2.05, 4.69) is 20.5 Å². The van der Waals surface area contributed by atoms with Gasteiger partial charge in [0.2, 0.25) is 11.8 Å². The van der Waals surface area contributed by atoms with Crippen LogP contribution in [0.25, 0.3) is 0 Å². The Morgan fingerprint density at radius 1 is 1.03 bits per heavy atom. The lowest BCUT2D eigenvalue weighted by atomic mass is 10.1. The fourth-order valence-electron chi connectivity index (χ4n) is 4.05. The van der Waals surface area contributed by atoms with E-state index in [0.717, 1.165) is 16.8 Å². The Morgan fingerprint density at radius 2 is 1.74 bits per heavy atom. The minimum absolute atomic E-state index is 0.0153. The average molecular weight is 496 g/mol. The highest BCUT2D eigenvalue weighted by atomic mass is 32.1. The van der Waals surface area contributed by atoms with Crippen LogP contribution in [0.3, 0.4) is 0 Å². The maximum atomic E-state index is 12.8. The van der Waals surface area contributed by atoms with E-state index >= 15 is 0 Å². The van der Waals surface area contributed by atoms with Crippen molar-refractivity contribution in [2.24, 2.45) is 0 Å². The van der Waals surface area contributed by atoms with Gasteiger partial charge in [-0.05, 0) is 38.0 Å². The number of nitrogens with zero attached hydrogens (tertiary/aromatic N) is 3. The van der Waals surface area contributed by atoms with Gasteiger partial charge in [-0.15, -0.1) is 11.3 Å². The maximum Gasteiger partial charge on any atom is 0.260 e. The largest absolute Gasteiger partial charge is 0.469 e. The van der Waals surface area contributed by atoms with Gasteiger partial charge >= 0.3 is 0 Å². The van der Waals surface area contributed by atoms with Gasteiger partial charge < -0.3 is 14.6 Å². The molecule has 3 heterocycles. The quantitative estimate of drug-likeness (QED) is 0.521. The molecule has 1 fully saturated rings. The number of nitrogens with one attached hydrogen (secondary N) is 2. The molecule has 0 aliphatic carbocycles. The van der Waals surface area contributed by atoms with E-state index in [9.17, 15) is 14.4 Å². The predicted octanol–water partition coefficient (Wildman–Crippen LogP) is 3.24. The predicted molar refractivity (Wildman–Crippen MR) is 135 cm³/mol. The van der Waals surface area contributed by atoms with Gasteiger partial charge in [-0.3, -0.25) is 24.6 Å². The lowest BCUT2D eigenvalue weighted by Crippen LogP contribution is -2.50. The zero-order valence-corrected chi connectivity index (χ0v) is 20.9. The summed E-state index contributed by atoms with van der Waals surface area (Å²) in [5.41, 5.74) is 4.02. The molecule has 1 aromatic carbocycles. The second-order valence-electron chi connectivity index (χ2n) is 8.64. The molecular formula is C25H29N5O4S. The van der Waals surface area contributed by atoms with E-state index in [-0.39, 0.29) is 24.1 Å². The van der Waals surface area contributed by atoms with Crippen LogP contribution < -0.4 is 10.6 Å². The van der Waals surface area contributed by atoms with Crippen molar-refractivity contribution < 1.29 is 18.8 Å². The number of para-hydroxylation sites is 1. The van der Waals surface area contributed by atoms with Crippen LogP contribution in [0.2, 0.25) is 0 Å². The number of rotatable bonds is 7. The molecule has 35 heavy (non-hydrogen) atoms. The molecule has 3 amide bonds. The third-order valence-electron chi connectivity index (χ3n) is 6.05. The Bertz CT molecular complexity index is 1210. The summed E-state index contributed by atoms with van der Waals surface area (Å²) in [7, 11) is 0. The summed E-state index contributed by atoms with van der Waals surface area (Å²) in [6.07, 6.45) is 1.64. The second kappa shape index (κ2) is 10.8. The van der Waals surface area contributed by atoms with E-state index in [1.807, 2.05) is 32.0 Å². The molecule has 1 aliphatic rings. The first kappa shape index (κ1) is 24.6. The highest BCUT2D eigenvalue weighted by molar-refractivity contribution is 7.14. The van der Waals surface area contributed by atoms with E-state index in [4.69, 9.17) is 4.42 Å². The summed E-state index contributed by atoms with van der Waals surface area (Å²) in [6, 6.07) is 7.54. The number of anilines is 2. The molecule has 0 saturated carbocycles. The summed E-state index contributed by atoms with van der Waals surface area (Å²) < 4.78 is 5.16. The first-order valence-electron chi connectivity index (χ1n) is 11.5. The van der Waals surface area contributed by atoms with E-state index in [1.165, 1.54) is 17.6 Å². The number of carbonyl (C=O) groups excluding carboxylic acids is 3. The molecule has 2 aromatic heterocycles. The molecule has 9 nitrogen and oxygen atoms in total. The standard InChI is InChI=1S/C25H29N5O4S/c1-16-5-4-6-17(2)23(16)27-21(31)14-29-8-10-30(11-9-29)22(32)13-19-15-35-25(26-19)28-24(33)20-7-12-34-18(20)3/h4-7,12,15H,8-11,13-14H2,1-3H3,(H,27,31)(H,26,28,33). The van der Waals surface area contributed by atoms with Gasteiger partial charge in [0, 0.05) is 37.2 Å². The number of aromatic nitrogens is 1. The van der Waals surface area contributed by atoms with Crippen LogP contribution >= 0.6 is 11.3 Å². The molecule has 0 bridgehead atoms. The molecule has 1 aliphatic heterocycles. The van der Waals surface area contributed by atoms with Crippen LogP contribution in [0.1, 0.15) is 32.9 Å². The normalized spacial score (nSPS) is 14.1. The SMILES string of the molecule is Cc1cccc(C)c1NC(=O)CN1CCN(C(=O)Cc2csc(NC(=O)c3ccoc3C)n2)CC1. The number of aryl methyl sites for hydroxylation is 3. The first-order chi connectivity index (χ1) is 16.8. The van der Waals surface area contributed by atoms with E-state index < -0.39 is 0 Å². The number of thiazole rings is 1. The maximum absolute atomic E-state index is 12.8. The highest BCUT2D eigenvalue weighted by Gasteiger charge is 2.23. The number of piperazine rings is 1. The van der Waals surface area contributed by atoms with Gasteiger partial charge in [-0.25, -0.2) is 4.98 Å². The fourth-order valence-corrected chi connectivity index (χ4v) is 4.75. The molecule has 2 N–H and O–H groups in total. The van der Waals surface area contributed by atoms with Gasteiger partial charge in [-0.1, -0.05) is 18.2 Å². The second-order valence-corrected chi connectivity index (χ2v) is 9.50. The Kier molecular flexibility index (Phi) is 7.62. The molecule has 0 spiro atoms. The van der Waals surface area contributed by atoms with Crippen molar-refractivity contribution in [2.75, 3.05) is 43.4 Å². The van der Waals surface area contributed by atoms with Crippen LogP contribution in [0, 0.1) is 20.8 Å². The number of hydrogen-bond donors (Lipinski definition) is 2. The Hall–Kier alpha value is -3.50. The van der Waals surface area contributed by atoms with E-state index in [0.29, 0.717) is 54.9 Å². The fraction of sp³-hybridized carbons (Fsp3) is 0.360. The topological polar surface area (TPSA) is 108 Å². The van der Waals surface area contributed by atoms with Crippen LogP contribution in [-0.2, 0) is 16.0 Å². The average Bonchev–Trinajstić information content (AvgIpc) is 3.45. The summed E-state index contributed by atoms with van der Waals surface area (Å²) in [5, 5.41) is 7.99. The van der Waals surface area contributed by atoms with Gasteiger partial charge in [-0.2, -0.15) is 0 Å². The van der Waals surface area contributed by atoms with E-state index in [1.54, 1.807) is 23.3 Å². The number of furan rings is 1. The molecule has 10 heteroatoms. The van der Waals surface area contributed by atoms with Crippen LogP contribution in [-0.4, -0.2) is 65.2 Å². The van der Waals surface area contributed by atoms with Crippen molar-refractivity contribution in [3.05, 3.63) is 64.1 Å². The van der Waals surface area contributed by atoms with Crippen LogP contribution in [0.15, 0.2) is 40.3 Å². The summed E-state index contributed by atoms with van der Waals surface area (Å²) in [5.74, 6) is 0.181. The minimum atomic E-state index is -0.291. The van der Waals surface area contributed by atoms with Crippen molar-refractivity contribution in [1.29, 1.82) is 0 Å². The van der Waals surface area contributed by atoms with Crippen LogP contribution in [0.4, 0.5) is 10.8 Å². The van der Waals surface area contributed by atoms with Gasteiger partial charge in [0.25, 0.3) is 5.91 Å². The first-order valence-corrected chi connectivity index (χ1v) is 12.3. The molecule has 1 saturated heterocycles. The van der Waals surface area contributed by atoms with Gasteiger partial charge in [0.15, 0.2) is 5.13 Å². The summed E-state index contributed by atoms with van der Waals surface area (Å²) in [6.45, 7) is 8.35. The zero-order chi connectivity index (χ0) is 24.9. The number of hydrogen-bond acceptors (Lipinski definition) is 7. The number of amides is 3. The molecular weight excluding hydrogens is 466 g/mol. The van der Waals surface area contributed by atoms with Crippen molar-refractivity contribution in [3.63, 3.8) is 0 Å². The van der Waals surface area contributed by atoms with Crippen molar-refractivity contribution in [2.45, 2.75) is 27.2 Å². The monoisotopic (exact) mass is 495 g/mol. The van der Waals surface area contributed by atoms with Gasteiger partial charge in [0.1, 0.15) is 5.76 Å². The molecule has 0 unspecified atom stereocenters. The lowest BCUT2D eigenvalue weighted by molar-refractivity contribution is -0.132. The third-order valence-corrected chi connectivity index (χ3v) is 6.85. The third kappa shape index (κ3) is 6.14. The Labute approximate surface area is 208 Å².